The number of anilines is 1. The van der Waals surface area contributed by atoms with Crippen LogP contribution < -0.4 is 4.90 Å². The minimum Gasteiger partial charge on any atom is -0.481 e. The lowest BCUT2D eigenvalue weighted by atomic mass is 9.97. The van der Waals surface area contributed by atoms with E-state index in [2.05, 4.69) is 0 Å². The number of carboxylic acid groups (broad SMARTS) is 1. The molecule has 1 aliphatic rings. The molecule has 0 aliphatic carbocycles. The van der Waals surface area contributed by atoms with Crippen molar-refractivity contribution in [3.05, 3.63) is 29.8 Å². The third-order valence-electron chi connectivity index (χ3n) is 3.41. The van der Waals surface area contributed by atoms with E-state index in [0.29, 0.717) is 19.4 Å². The maximum Gasteiger partial charge on any atom is 0.414 e. The van der Waals surface area contributed by atoms with Crippen molar-refractivity contribution in [2.75, 3.05) is 11.4 Å². The molecule has 0 spiro atoms. The van der Waals surface area contributed by atoms with Gasteiger partial charge in [-0.25, -0.2) is 4.79 Å². The summed E-state index contributed by atoms with van der Waals surface area (Å²) in [7, 11) is 0. The average Bonchev–Trinajstić information content (AvgIpc) is 2.56. The summed E-state index contributed by atoms with van der Waals surface area (Å²) in [6.07, 6.45) is 0.426. The van der Waals surface area contributed by atoms with Crippen LogP contribution in [0.4, 0.5) is 10.5 Å². The first kappa shape index (κ1) is 15.4. The van der Waals surface area contributed by atoms with Crippen LogP contribution in [-0.4, -0.2) is 29.3 Å². The average molecular weight is 291 g/mol. The summed E-state index contributed by atoms with van der Waals surface area (Å²) in [4.78, 5) is 25.2. The molecule has 1 unspecified atom stereocenters. The molecule has 5 heteroatoms. The van der Waals surface area contributed by atoms with Crippen molar-refractivity contribution >= 4 is 17.7 Å². The molecular formula is C16H21NO4. The predicted molar refractivity (Wildman–Crippen MR) is 79.5 cm³/mol. The number of benzene rings is 1. The van der Waals surface area contributed by atoms with Gasteiger partial charge in [0.05, 0.1) is 11.6 Å². The molecular weight excluding hydrogens is 270 g/mol. The zero-order valence-electron chi connectivity index (χ0n) is 12.6. The molecule has 1 amide bonds. The Morgan fingerprint density at radius 2 is 1.95 bits per heavy atom. The van der Waals surface area contributed by atoms with Gasteiger partial charge in [-0.15, -0.1) is 0 Å². The highest BCUT2D eigenvalue weighted by atomic mass is 16.6. The van der Waals surface area contributed by atoms with E-state index in [1.165, 1.54) is 0 Å². The predicted octanol–water partition coefficient (Wildman–Crippen LogP) is 3.08. The lowest BCUT2D eigenvalue weighted by Crippen LogP contribution is -2.37. The van der Waals surface area contributed by atoms with E-state index < -0.39 is 23.6 Å². The summed E-state index contributed by atoms with van der Waals surface area (Å²) in [5.41, 5.74) is 1.04. The molecule has 1 heterocycles. The van der Waals surface area contributed by atoms with Crippen molar-refractivity contribution in [2.45, 2.75) is 39.2 Å². The van der Waals surface area contributed by atoms with Crippen molar-refractivity contribution in [2.24, 2.45) is 5.92 Å². The molecule has 21 heavy (non-hydrogen) atoms. The highest BCUT2D eigenvalue weighted by Gasteiger charge is 2.30. The second-order valence-electron chi connectivity index (χ2n) is 6.29. The van der Waals surface area contributed by atoms with Gasteiger partial charge in [0.15, 0.2) is 0 Å². The first-order chi connectivity index (χ1) is 9.78. The van der Waals surface area contributed by atoms with E-state index >= 15 is 0 Å². The number of rotatable bonds is 1. The minimum atomic E-state index is -0.823. The standard InChI is InChI=1S/C16H21NO4/c1-16(2,3)21-15(20)17-9-8-12(14(18)19)10-11-6-4-5-7-13(11)17/h4-7,12H,8-10H2,1-3H3,(H,18,19). The Bertz CT molecular complexity index is 547. The zero-order valence-corrected chi connectivity index (χ0v) is 12.6. The van der Waals surface area contributed by atoms with Gasteiger partial charge in [0.1, 0.15) is 5.60 Å². The van der Waals surface area contributed by atoms with Gasteiger partial charge < -0.3 is 9.84 Å². The smallest absolute Gasteiger partial charge is 0.414 e. The van der Waals surface area contributed by atoms with Crippen molar-refractivity contribution < 1.29 is 19.4 Å². The maximum atomic E-state index is 12.4. The third-order valence-corrected chi connectivity index (χ3v) is 3.41. The van der Waals surface area contributed by atoms with E-state index in [1.807, 2.05) is 45.0 Å². The number of carboxylic acids is 1. The van der Waals surface area contributed by atoms with Gasteiger partial charge >= 0.3 is 12.1 Å². The van der Waals surface area contributed by atoms with Crippen LogP contribution in [0, 0.1) is 5.92 Å². The molecule has 114 valence electrons. The summed E-state index contributed by atoms with van der Waals surface area (Å²) >= 11 is 0. The van der Waals surface area contributed by atoms with Gasteiger partial charge in [-0.2, -0.15) is 0 Å². The summed E-state index contributed by atoms with van der Waals surface area (Å²) in [5, 5.41) is 9.27. The molecule has 1 aromatic carbocycles. The summed E-state index contributed by atoms with van der Waals surface area (Å²) in [5.74, 6) is -1.30. The third kappa shape index (κ3) is 3.74. The molecule has 1 aliphatic heterocycles. The number of nitrogens with zero attached hydrogens (tertiary/aromatic N) is 1. The maximum absolute atomic E-state index is 12.4. The molecule has 2 rings (SSSR count). The summed E-state index contributed by atoms with van der Waals surface area (Å²) in [6, 6.07) is 7.41. The molecule has 0 saturated heterocycles. The highest BCUT2D eigenvalue weighted by Crippen LogP contribution is 2.30. The van der Waals surface area contributed by atoms with Crippen molar-refractivity contribution in [1.82, 2.24) is 0 Å². The fourth-order valence-electron chi connectivity index (χ4n) is 2.44. The highest BCUT2D eigenvalue weighted by molar-refractivity contribution is 5.89. The zero-order chi connectivity index (χ0) is 15.6. The van der Waals surface area contributed by atoms with Crippen LogP contribution in [0.2, 0.25) is 0 Å². The molecule has 1 aromatic rings. The Balaban J connectivity index is 2.31. The molecule has 0 bridgehead atoms. The van der Waals surface area contributed by atoms with Crippen molar-refractivity contribution in [3.63, 3.8) is 0 Å². The van der Waals surface area contributed by atoms with E-state index in [4.69, 9.17) is 4.74 Å². The Hall–Kier alpha value is -2.04. The van der Waals surface area contributed by atoms with Gasteiger partial charge in [-0.3, -0.25) is 9.69 Å². The lowest BCUT2D eigenvalue weighted by Gasteiger charge is -2.27. The van der Waals surface area contributed by atoms with Crippen LogP contribution in [0.3, 0.4) is 0 Å². The molecule has 0 saturated carbocycles. The van der Waals surface area contributed by atoms with Crippen LogP contribution in [0.25, 0.3) is 0 Å². The Morgan fingerprint density at radius 1 is 1.29 bits per heavy atom. The largest absolute Gasteiger partial charge is 0.481 e. The van der Waals surface area contributed by atoms with E-state index in [0.717, 1.165) is 11.3 Å². The number of aliphatic carboxylic acids is 1. The molecule has 0 radical (unpaired) electrons. The van der Waals surface area contributed by atoms with E-state index in [-0.39, 0.29) is 0 Å². The summed E-state index contributed by atoms with van der Waals surface area (Å²) in [6.45, 7) is 5.79. The monoisotopic (exact) mass is 291 g/mol. The van der Waals surface area contributed by atoms with Crippen molar-refractivity contribution in [3.8, 4) is 0 Å². The minimum absolute atomic E-state index is 0.350. The number of amides is 1. The Kier molecular flexibility index (Phi) is 4.21. The van der Waals surface area contributed by atoms with Crippen LogP contribution in [-0.2, 0) is 16.0 Å². The van der Waals surface area contributed by atoms with E-state index in [1.54, 1.807) is 4.90 Å². The molecule has 0 aromatic heterocycles. The first-order valence-electron chi connectivity index (χ1n) is 7.09. The van der Waals surface area contributed by atoms with Crippen LogP contribution in [0.1, 0.15) is 32.8 Å². The number of para-hydroxylation sites is 1. The second kappa shape index (κ2) is 5.76. The lowest BCUT2D eigenvalue weighted by molar-refractivity contribution is -0.141. The first-order valence-corrected chi connectivity index (χ1v) is 7.09. The topological polar surface area (TPSA) is 66.8 Å². The van der Waals surface area contributed by atoms with Gasteiger partial charge in [-0.05, 0) is 45.2 Å². The SMILES string of the molecule is CC(C)(C)OC(=O)N1CCC(C(=O)O)Cc2ccccc21. The van der Waals surface area contributed by atoms with Gasteiger partial charge in [0, 0.05) is 6.54 Å². The number of hydrogen-bond acceptors (Lipinski definition) is 3. The fourth-order valence-corrected chi connectivity index (χ4v) is 2.44. The number of carbonyl (C=O) groups excluding carboxylic acids is 1. The van der Waals surface area contributed by atoms with Gasteiger partial charge in [0.2, 0.25) is 0 Å². The molecule has 5 nitrogen and oxygen atoms in total. The normalized spacial score (nSPS) is 18.6. The Labute approximate surface area is 124 Å². The fraction of sp³-hybridized carbons (Fsp3) is 0.500. The molecule has 1 N–H and O–H groups in total. The quantitative estimate of drug-likeness (QED) is 0.863. The van der Waals surface area contributed by atoms with Crippen molar-refractivity contribution in [1.29, 1.82) is 0 Å². The number of carbonyl (C=O) groups is 2. The number of fused-ring (bicyclic) bond motifs is 1. The molecule has 1 atom stereocenters. The van der Waals surface area contributed by atoms with Crippen LogP contribution >= 0.6 is 0 Å². The van der Waals surface area contributed by atoms with Crippen LogP contribution in [0.5, 0.6) is 0 Å². The Morgan fingerprint density at radius 3 is 2.57 bits per heavy atom. The van der Waals surface area contributed by atoms with Gasteiger partial charge in [-0.1, -0.05) is 18.2 Å². The summed E-state index contributed by atoms with van der Waals surface area (Å²) < 4.78 is 5.42. The van der Waals surface area contributed by atoms with Gasteiger partial charge in [0.25, 0.3) is 0 Å². The number of hydrogen-bond donors (Lipinski definition) is 1. The van der Waals surface area contributed by atoms with Crippen LogP contribution in [0.15, 0.2) is 24.3 Å². The number of ether oxygens (including phenoxy) is 1. The van der Waals surface area contributed by atoms with E-state index in [9.17, 15) is 14.7 Å². The molecule has 0 fully saturated rings. The second-order valence-corrected chi connectivity index (χ2v) is 6.29.